The van der Waals surface area contributed by atoms with Crippen LogP contribution in [0.1, 0.15) is 32.1 Å². The van der Waals surface area contributed by atoms with E-state index in [1.165, 1.54) is 57.5 Å². The van der Waals surface area contributed by atoms with Gasteiger partial charge in [0, 0.05) is 0 Å². The van der Waals surface area contributed by atoms with E-state index in [1.807, 2.05) is 0 Å². The first-order valence-corrected chi connectivity index (χ1v) is 7.06. The van der Waals surface area contributed by atoms with E-state index >= 15 is 0 Å². The van der Waals surface area contributed by atoms with E-state index in [0.29, 0.717) is 0 Å². The number of unbranched alkanes of at least 4 members (excludes halogenated alkanes) is 1. The minimum Gasteiger partial charge on any atom is -0.494 e. The summed E-state index contributed by atoms with van der Waals surface area (Å²) in [4.78, 5) is 1.75. The van der Waals surface area contributed by atoms with Crippen molar-refractivity contribution in [3.63, 3.8) is 0 Å². The fourth-order valence-electron chi connectivity index (χ4n) is 2.50. The number of halogens is 1. The summed E-state index contributed by atoms with van der Waals surface area (Å²) < 4.78 is 18.3. The summed E-state index contributed by atoms with van der Waals surface area (Å²) >= 11 is 0. The minimum atomic E-state index is -0.212. The van der Waals surface area contributed by atoms with Crippen molar-refractivity contribution in [1.82, 2.24) is 0 Å². The Labute approximate surface area is 109 Å². The van der Waals surface area contributed by atoms with Gasteiger partial charge in [0.2, 0.25) is 0 Å². The lowest BCUT2D eigenvalue weighted by Crippen LogP contribution is -3.12. The Morgan fingerprint density at radius 2 is 1.72 bits per heavy atom. The van der Waals surface area contributed by atoms with Crippen LogP contribution in [0.3, 0.4) is 0 Å². The van der Waals surface area contributed by atoms with Crippen molar-refractivity contribution in [2.75, 3.05) is 26.2 Å². The Hall–Kier alpha value is -1.09. The number of nitrogens with one attached hydrogen (secondary N) is 1. The molecular weight excluding hydrogens is 229 g/mol. The third-order valence-corrected chi connectivity index (χ3v) is 3.57. The molecule has 18 heavy (non-hydrogen) atoms. The number of quaternary nitrogens is 1. The second-order valence-corrected chi connectivity index (χ2v) is 5.07. The molecule has 1 aromatic carbocycles. The highest BCUT2D eigenvalue weighted by molar-refractivity contribution is 5.21. The summed E-state index contributed by atoms with van der Waals surface area (Å²) in [6, 6.07) is 6.25. The number of likely N-dealkylation sites (tertiary alicyclic amines) is 1. The Balaban J connectivity index is 1.54. The molecule has 1 aliphatic heterocycles. The first kappa shape index (κ1) is 13.3. The Morgan fingerprint density at radius 3 is 2.44 bits per heavy atom. The molecule has 2 rings (SSSR count). The molecule has 0 amide bonds. The van der Waals surface area contributed by atoms with Crippen LogP contribution in [0.2, 0.25) is 0 Å². The van der Waals surface area contributed by atoms with Crippen molar-refractivity contribution in [3.05, 3.63) is 30.1 Å². The SMILES string of the molecule is Fc1ccc(OCCCC[NH+]2CCCCC2)cc1. The average molecular weight is 252 g/mol. The van der Waals surface area contributed by atoms with E-state index in [1.54, 1.807) is 17.0 Å². The van der Waals surface area contributed by atoms with E-state index in [9.17, 15) is 4.39 Å². The van der Waals surface area contributed by atoms with Gasteiger partial charge >= 0.3 is 0 Å². The molecule has 1 saturated heterocycles. The van der Waals surface area contributed by atoms with Gasteiger partial charge < -0.3 is 9.64 Å². The molecule has 0 spiro atoms. The predicted octanol–water partition coefficient (Wildman–Crippen LogP) is 2.05. The smallest absolute Gasteiger partial charge is 0.123 e. The van der Waals surface area contributed by atoms with Gasteiger partial charge in [-0.3, -0.25) is 0 Å². The molecule has 0 atom stereocenters. The molecule has 1 heterocycles. The normalized spacial score (nSPS) is 16.7. The van der Waals surface area contributed by atoms with Crippen molar-refractivity contribution in [2.45, 2.75) is 32.1 Å². The summed E-state index contributed by atoms with van der Waals surface area (Å²) in [6.45, 7) is 4.70. The van der Waals surface area contributed by atoms with Crippen molar-refractivity contribution < 1.29 is 14.0 Å². The van der Waals surface area contributed by atoms with Gasteiger partial charge in [-0.25, -0.2) is 4.39 Å². The van der Waals surface area contributed by atoms with Crippen molar-refractivity contribution in [3.8, 4) is 5.75 Å². The molecule has 0 bridgehead atoms. The topological polar surface area (TPSA) is 13.7 Å². The number of benzene rings is 1. The standard InChI is InChI=1S/C15H22FNO/c16-14-6-8-15(9-7-14)18-13-5-4-12-17-10-2-1-3-11-17/h6-9H,1-5,10-13H2/p+1. The van der Waals surface area contributed by atoms with Crippen LogP contribution >= 0.6 is 0 Å². The van der Waals surface area contributed by atoms with Crippen LogP contribution in [0, 0.1) is 5.82 Å². The molecule has 0 unspecified atom stereocenters. The zero-order valence-electron chi connectivity index (χ0n) is 11.0. The van der Waals surface area contributed by atoms with Crippen molar-refractivity contribution >= 4 is 0 Å². The lowest BCUT2D eigenvalue weighted by Gasteiger charge is -2.23. The maximum Gasteiger partial charge on any atom is 0.123 e. The van der Waals surface area contributed by atoms with Crippen LogP contribution in [0.15, 0.2) is 24.3 Å². The van der Waals surface area contributed by atoms with Crippen LogP contribution < -0.4 is 9.64 Å². The van der Waals surface area contributed by atoms with Crippen LogP contribution in [0.5, 0.6) is 5.75 Å². The van der Waals surface area contributed by atoms with Gasteiger partial charge in [0.1, 0.15) is 11.6 Å². The third-order valence-electron chi connectivity index (χ3n) is 3.57. The fourth-order valence-corrected chi connectivity index (χ4v) is 2.50. The molecule has 3 heteroatoms. The predicted molar refractivity (Wildman–Crippen MR) is 70.5 cm³/mol. The molecule has 0 saturated carbocycles. The fraction of sp³-hybridized carbons (Fsp3) is 0.600. The van der Waals surface area contributed by atoms with E-state index in [0.717, 1.165) is 18.8 Å². The van der Waals surface area contributed by atoms with Gasteiger partial charge in [-0.1, -0.05) is 0 Å². The van der Waals surface area contributed by atoms with Gasteiger partial charge in [-0.15, -0.1) is 0 Å². The van der Waals surface area contributed by atoms with E-state index in [2.05, 4.69) is 0 Å². The van der Waals surface area contributed by atoms with Crippen LogP contribution in [-0.2, 0) is 0 Å². The molecular formula is C15H23FNO+. The molecule has 1 aromatic rings. The molecule has 1 N–H and O–H groups in total. The van der Waals surface area contributed by atoms with Gasteiger partial charge in [-0.05, 0) is 56.4 Å². The molecule has 100 valence electrons. The summed E-state index contributed by atoms with van der Waals surface area (Å²) in [5.41, 5.74) is 0. The highest BCUT2D eigenvalue weighted by atomic mass is 19.1. The summed E-state index contributed by atoms with van der Waals surface area (Å²) in [5.74, 6) is 0.553. The number of ether oxygens (including phenoxy) is 1. The Kier molecular flexibility index (Phi) is 5.46. The number of hydrogen-bond donors (Lipinski definition) is 1. The van der Waals surface area contributed by atoms with Crippen LogP contribution in [0.25, 0.3) is 0 Å². The first-order chi connectivity index (χ1) is 8.84. The third kappa shape index (κ3) is 4.65. The minimum absolute atomic E-state index is 0.212. The molecule has 0 aliphatic carbocycles. The van der Waals surface area contributed by atoms with E-state index < -0.39 is 0 Å². The second-order valence-electron chi connectivity index (χ2n) is 5.07. The molecule has 0 aromatic heterocycles. The summed E-state index contributed by atoms with van der Waals surface area (Å²) in [6.07, 6.45) is 6.50. The Morgan fingerprint density at radius 1 is 1.00 bits per heavy atom. The van der Waals surface area contributed by atoms with Gasteiger partial charge in [0.15, 0.2) is 0 Å². The van der Waals surface area contributed by atoms with Gasteiger partial charge in [0.25, 0.3) is 0 Å². The number of piperidine rings is 1. The second kappa shape index (κ2) is 7.37. The zero-order chi connectivity index (χ0) is 12.6. The molecule has 1 fully saturated rings. The first-order valence-electron chi connectivity index (χ1n) is 7.06. The lowest BCUT2D eigenvalue weighted by molar-refractivity contribution is -0.905. The van der Waals surface area contributed by atoms with Crippen LogP contribution in [-0.4, -0.2) is 26.2 Å². The van der Waals surface area contributed by atoms with Gasteiger partial charge in [0.05, 0.1) is 26.2 Å². The van der Waals surface area contributed by atoms with Crippen molar-refractivity contribution in [2.24, 2.45) is 0 Å². The summed E-state index contributed by atoms with van der Waals surface area (Å²) in [5, 5.41) is 0. The maximum absolute atomic E-state index is 12.7. The van der Waals surface area contributed by atoms with Crippen molar-refractivity contribution in [1.29, 1.82) is 0 Å². The average Bonchev–Trinajstić information content (AvgIpc) is 2.42. The highest BCUT2D eigenvalue weighted by Crippen LogP contribution is 2.11. The zero-order valence-corrected chi connectivity index (χ0v) is 11.0. The molecule has 0 radical (unpaired) electrons. The van der Waals surface area contributed by atoms with Crippen LogP contribution in [0.4, 0.5) is 4.39 Å². The van der Waals surface area contributed by atoms with E-state index in [4.69, 9.17) is 4.74 Å². The largest absolute Gasteiger partial charge is 0.494 e. The summed E-state index contributed by atoms with van der Waals surface area (Å²) in [7, 11) is 0. The highest BCUT2D eigenvalue weighted by Gasteiger charge is 2.12. The number of rotatable bonds is 6. The van der Waals surface area contributed by atoms with Gasteiger partial charge in [-0.2, -0.15) is 0 Å². The lowest BCUT2D eigenvalue weighted by atomic mass is 10.1. The molecule has 1 aliphatic rings. The number of hydrogen-bond acceptors (Lipinski definition) is 1. The monoisotopic (exact) mass is 252 g/mol. The molecule has 2 nitrogen and oxygen atoms in total. The maximum atomic E-state index is 12.7. The Bertz CT molecular complexity index is 333. The quantitative estimate of drug-likeness (QED) is 0.765. The van der Waals surface area contributed by atoms with E-state index in [-0.39, 0.29) is 5.82 Å².